The standard InChI is InChI=1S/C25H28ClN5O5/c1-24(2,3)35-22(32)30-12-16(11-27-30)15-7-9-17(10-8-15)31(23(33)36-25(4,5)6)20-18-13-34-14-19(18)28-21(26)29-20/h7-12H,13-14H2,1-6H3. The van der Waals surface area contributed by atoms with Crippen LogP contribution in [0, 0.1) is 0 Å². The Hall–Kier alpha value is -3.50. The lowest BCUT2D eigenvalue weighted by molar-refractivity contribution is 0.0513. The molecule has 0 fully saturated rings. The van der Waals surface area contributed by atoms with Gasteiger partial charge in [-0.2, -0.15) is 14.8 Å². The van der Waals surface area contributed by atoms with E-state index in [0.717, 1.165) is 10.2 Å². The third kappa shape index (κ3) is 5.83. The molecule has 0 unspecified atom stereocenters. The highest BCUT2D eigenvalue weighted by atomic mass is 35.5. The smallest absolute Gasteiger partial charge is 0.435 e. The summed E-state index contributed by atoms with van der Waals surface area (Å²) in [5.41, 5.74) is 1.93. The largest absolute Gasteiger partial charge is 0.443 e. The maximum atomic E-state index is 13.3. The molecule has 0 saturated carbocycles. The number of halogens is 1. The molecule has 0 N–H and O–H groups in total. The van der Waals surface area contributed by atoms with E-state index in [-0.39, 0.29) is 18.5 Å². The molecular weight excluding hydrogens is 486 g/mol. The van der Waals surface area contributed by atoms with Crippen LogP contribution in [0.3, 0.4) is 0 Å². The molecule has 0 aliphatic carbocycles. The summed E-state index contributed by atoms with van der Waals surface area (Å²) in [7, 11) is 0. The Kier molecular flexibility index (Phi) is 6.76. The van der Waals surface area contributed by atoms with E-state index in [4.69, 9.17) is 25.8 Å². The van der Waals surface area contributed by atoms with E-state index in [1.807, 2.05) is 12.1 Å². The number of fused-ring (bicyclic) bond motifs is 1. The SMILES string of the molecule is CC(C)(C)OC(=O)N(c1ccc(-c2cnn(C(=O)OC(C)(C)C)c2)cc1)c1nc(Cl)nc2c1COC2. The van der Waals surface area contributed by atoms with E-state index in [2.05, 4.69) is 15.1 Å². The van der Waals surface area contributed by atoms with Crippen molar-refractivity contribution in [2.45, 2.75) is 66.0 Å². The predicted molar refractivity (Wildman–Crippen MR) is 133 cm³/mol. The lowest BCUT2D eigenvalue weighted by Gasteiger charge is -2.28. The van der Waals surface area contributed by atoms with Crippen molar-refractivity contribution in [2.24, 2.45) is 0 Å². The second-order valence-corrected chi connectivity index (χ2v) is 10.6. The van der Waals surface area contributed by atoms with Crippen molar-refractivity contribution in [1.29, 1.82) is 0 Å². The Morgan fingerprint density at radius 2 is 1.64 bits per heavy atom. The van der Waals surface area contributed by atoms with Gasteiger partial charge in [0.25, 0.3) is 0 Å². The highest BCUT2D eigenvalue weighted by Crippen LogP contribution is 2.35. The van der Waals surface area contributed by atoms with E-state index in [9.17, 15) is 9.59 Å². The van der Waals surface area contributed by atoms with E-state index in [0.29, 0.717) is 28.3 Å². The van der Waals surface area contributed by atoms with Gasteiger partial charge >= 0.3 is 12.2 Å². The third-order valence-electron chi connectivity index (χ3n) is 4.94. The zero-order valence-electron chi connectivity index (χ0n) is 21.0. The summed E-state index contributed by atoms with van der Waals surface area (Å²) >= 11 is 6.17. The average molecular weight is 514 g/mol. The fourth-order valence-corrected chi connectivity index (χ4v) is 3.68. The van der Waals surface area contributed by atoms with Crippen LogP contribution in [-0.2, 0) is 27.4 Å². The van der Waals surface area contributed by atoms with Gasteiger partial charge < -0.3 is 14.2 Å². The minimum absolute atomic E-state index is 0.00832. The van der Waals surface area contributed by atoms with Crippen LogP contribution in [0.15, 0.2) is 36.7 Å². The molecule has 0 atom stereocenters. The van der Waals surface area contributed by atoms with E-state index in [1.165, 1.54) is 4.90 Å². The molecule has 1 aliphatic heterocycles. The lowest BCUT2D eigenvalue weighted by Crippen LogP contribution is -2.35. The predicted octanol–water partition coefficient (Wildman–Crippen LogP) is 5.88. The third-order valence-corrected chi connectivity index (χ3v) is 5.11. The van der Waals surface area contributed by atoms with Crippen LogP contribution in [0.2, 0.25) is 5.28 Å². The number of hydrogen-bond donors (Lipinski definition) is 0. The molecule has 11 heteroatoms. The second kappa shape index (κ2) is 9.51. The Morgan fingerprint density at radius 1 is 0.972 bits per heavy atom. The van der Waals surface area contributed by atoms with Gasteiger partial charge in [-0.1, -0.05) is 12.1 Å². The van der Waals surface area contributed by atoms with Crippen LogP contribution >= 0.6 is 11.6 Å². The van der Waals surface area contributed by atoms with Crippen LogP contribution in [-0.4, -0.2) is 43.1 Å². The lowest BCUT2D eigenvalue weighted by atomic mass is 10.1. The molecule has 1 amide bonds. The number of hydrogen-bond acceptors (Lipinski definition) is 8. The molecule has 0 spiro atoms. The summed E-state index contributed by atoms with van der Waals surface area (Å²) in [5, 5.41) is 4.12. The maximum absolute atomic E-state index is 13.3. The number of carbonyl (C=O) groups excluding carboxylic acids is 2. The number of nitrogens with zero attached hydrogens (tertiary/aromatic N) is 5. The summed E-state index contributed by atoms with van der Waals surface area (Å²) in [5.74, 6) is 0.308. The summed E-state index contributed by atoms with van der Waals surface area (Å²) in [4.78, 5) is 35.5. The van der Waals surface area contributed by atoms with Gasteiger partial charge in [0.2, 0.25) is 5.28 Å². The van der Waals surface area contributed by atoms with E-state index in [1.54, 1.807) is 66.1 Å². The van der Waals surface area contributed by atoms with E-state index < -0.39 is 23.4 Å². The number of rotatable bonds is 3. The van der Waals surface area contributed by atoms with Crippen LogP contribution in [0.5, 0.6) is 0 Å². The minimum Gasteiger partial charge on any atom is -0.443 e. The number of amides is 1. The molecule has 4 rings (SSSR count). The Balaban J connectivity index is 1.68. The molecule has 36 heavy (non-hydrogen) atoms. The Morgan fingerprint density at radius 3 is 2.28 bits per heavy atom. The van der Waals surface area contributed by atoms with Gasteiger partial charge in [0.15, 0.2) is 5.82 Å². The number of aromatic nitrogens is 4. The number of anilines is 2. The zero-order valence-corrected chi connectivity index (χ0v) is 21.8. The maximum Gasteiger partial charge on any atom is 0.435 e. The van der Waals surface area contributed by atoms with Crippen LogP contribution < -0.4 is 4.90 Å². The summed E-state index contributed by atoms with van der Waals surface area (Å²) < 4.78 is 17.7. The van der Waals surface area contributed by atoms with Gasteiger partial charge in [0.05, 0.1) is 30.8 Å². The molecule has 0 bridgehead atoms. The highest BCUT2D eigenvalue weighted by Gasteiger charge is 2.31. The fourth-order valence-electron chi connectivity index (χ4n) is 3.49. The first kappa shape index (κ1) is 25.6. The molecule has 0 saturated heterocycles. The van der Waals surface area contributed by atoms with Crippen molar-refractivity contribution in [3.05, 3.63) is 53.2 Å². The summed E-state index contributed by atoms with van der Waals surface area (Å²) in [6.45, 7) is 11.3. The molecule has 10 nitrogen and oxygen atoms in total. The Labute approximate surface area is 214 Å². The average Bonchev–Trinajstić information content (AvgIpc) is 3.41. The molecule has 190 valence electrons. The number of benzene rings is 1. The normalized spacial score (nSPS) is 13.3. The van der Waals surface area contributed by atoms with Gasteiger partial charge in [-0.15, -0.1) is 0 Å². The monoisotopic (exact) mass is 513 g/mol. The number of carbonyl (C=O) groups is 2. The van der Waals surface area contributed by atoms with Crippen LogP contribution in [0.4, 0.5) is 21.1 Å². The van der Waals surface area contributed by atoms with Gasteiger partial charge in [0, 0.05) is 17.3 Å². The van der Waals surface area contributed by atoms with E-state index >= 15 is 0 Å². The Bertz CT molecular complexity index is 1290. The molecule has 2 aromatic heterocycles. The van der Waals surface area contributed by atoms with Crippen molar-refractivity contribution >= 4 is 35.3 Å². The van der Waals surface area contributed by atoms with Crippen molar-refractivity contribution in [3.8, 4) is 11.1 Å². The van der Waals surface area contributed by atoms with Gasteiger partial charge in [-0.05, 0) is 70.8 Å². The molecule has 3 heterocycles. The zero-order chi connectivity index (χ0) is 26.3. The fraction of sp³-hybridized carbons (Fsp3) is 0.400. The van der Waals surface area contributed by atoms with Gasteiger partial charge in [-0.25, -0.2) is 19.5 Å². The highest BCUT2D eigenvalue weighted by molar-refractivity contribution is 6.28. The molecule has 1 aromatic carbocycles. The van der Waals surface area contributed by atoms with Crippen molar-refractivity contribution in [2.75, 3.05) is 4.90 Å². The van der Waals surface area contributed by atoms with Crippen molar-refractivity contribution in [3.63, 3.8) is 0 Å². The first-order chi connectivity index (χ1) is 16.8. The summed E-state index contributed by atoms with van der Waals surface area (Å²) in [6, 6.07) is 7.12. The molecule has 3 aromatic rings. The molecule has 1 aliphatic rings. The van der Waals surface area contributed by atoms with Crippen LogP contribution in [0.1, 0.15) is 52.8 Å². The second-order valence-electron chi connectivity index (χ2n) is 10.3. The van der Waals surface area contributed by atoms with Gasteiger partial charge in [0.1, 0.15) is 11.2 Å². The molecular formula is C25H28ClN5O5. The van der Waals surface area contributed by atoms with Crippen molar-refractivity contribution in [1.82, 2.24) is 19.7 Å². The van der Waals surface area contributed by atoms with Gasteiger partial charge in [-0.3, -0.25) is 0 Å². The minimum atomic E-state index is -0.734. The molecule has 0 radical (unpaired) electrons. The first-order valence-corrected chi connectivity index (χ1v) is 11.7. The summed E-state index contributed by atoms with van der Waals surface area (Å²) in [6.07, 6.45) is 1.97. The van der Waals surface area contributed by atoms with Crippen LogP contribution in [0.25, 0.3) is 11.1 Å². The quantitative estimate of drug-likeness (QED) is 0.399. The van der Waals surface area contributed by atoms with Crippen molar-refractivity contribution < 1.29 is 23.8 Å². The number of ether oxygens (including phenoxy) is 3. The first-order valence-electron chi connectivity index (χ1n) is 11.4. The topological polar surface area (TPSA) is 109 Å².